The van der Waals surface area contributed by atoms with Crippen molar-refractivity contribution in [1.82, 2.24) is 15.2 Å². The number of carbonyl (C=O) groups excluding carboxylic acids is 2. The van der Waals surface area contributed by atoms with E-state index in [0.29, 0.717) is 11.6 Å². The Balaban J connectivity index is 1.52. The van der Waals surface area contributed by atoms with Gasteiger partial charge in [0.1, 0.15) is 5.69 Å². The number of nitrogens with zero attached hydrogens (tertiary/aromatic N) is 2. The summed E-state index contributed by atoms with van der Waals surface area (Å²) in [6.07, 6.45) is 4.00. The summed E-state index contributed by atoms with van der Waals surface area (Å²) < 4.78 is 0.956. The highest BCUT2D eigenvalue weighted by Crippen LogP contribution is 2.30. The molecule has 126 valence electrons. The van der Waals surface area contributed by atoms with Crippen LogP contribution in [-0.4, -0.2) is 47.4 Å². The van der Waals surface area contributed by atoms with E-state index >= 15 is 0 Å². The Labute approximate surface area is 144 Å². The Hall–Kier alpha value is -1.99. The molecule has 0 aliphatic carbocycles. The largest absolute Gasteiger partial charge is 0.347 e. The van der Waals surface area contributed by atoms with Gasteiger partial charge in [-0.25, -0.2) is 4.98 Å². The van der Waals surface area contributed by atoms with Gasteiger partial charge in [-0.15, -0.1) is 11.3 Å². The van der Waals surface area contributed by atoms with Crippen LogP contribution in [0.3, 0.4) is 0 Å². The summed E-state index contributed by atoms with van der Waals surface area (Å²) in [4.78, 5) is 30.6. The molecule has 6 nitrogen and oxygen atoms in total. The third-order valence-corrected chi connectivity index (χ3v) is 5.74. The highest BCUT2D eigenvalue weighted by molar-refractivity contribution is 7.17. The normalized spacial score (nSPS) is 25.6. The van der Waals surface area contributed by atoms with Crippen LogP contribution in [0.2, 0.25) is 0 Å². The van der Waals surface area contributed by atoms with Crippen molar-refractivity contribution in [3.63, 3.8) is 0 Å². The van der Waals surface area contributed by atoms with Crippen LogP contribution >= 0.6 is 11.3 Å². The summed E-state index contributed by atoms with van der Waals surface area (Å²) in [5.41, 5.74) is 1.14. The van der Waals surface area contributed by atoms with E-state index in [1.54, 1.807) is 12.3 Å². The number of aromatic nitrogens is 1. The molecule has 2 aromatic heterocycles. The second kappa shape index (κ2) is 6.14. The van der Waals surface area contributed by atoms with Crippen LogP contribution in [0.5, 0.6) is 0 Å². The van der Waals surface area contributed by atoms with Crippen LogP contribution in [0.1, 0.15) is 30.3 Å². The van der Waals surface area contributed by atoms with Gasteiger partial charge in [0, 0.05) is 43.0 Å². The van der Waals surface area contributed by atoms with E-state index in [2.05, 4.69) is 20.5 Å². The molecule has 2 aliphatic rings. The number of nitrogens with one attached hydrogen (secondary N) is 2. The predicted octanol–water partition coefficient (Wildman–Crippen LogP) is 2.08. The lowest BCUT2D eigenvalue weighted by atomic mass is 9.97. The van der Waals surface area contributed by atoms with E-state index in [1.807, 2.05) is 5.38 Å². The number of rotatable bonds is 3. The predicted molar refractivity (Wildman–Crippen MR) is 94.3 cm³/mol. The van der Waals surface area contributed by atoms with Crippen molar-refractivity contribution in [3.05, 3.63) is 23.3 Å². The van der Waals surface area contributed by atoms with Crippen LogP contribution in [0.4, 0.5) is 5.69 Å². The fraction of sp³-hybridized carbons (Fsp3) is 0.471. The first-order valence-electron chi connectivity index (χ1n) is 8.26. The minimum Gasteiger partial charge on any atom is -0.347 e. The first-order valence-corrected chi connectivity index (χ1v) is 9.14. The molecule has 2 amide bonds. The molecule has 0 radical (unpaired) electrons. The number of hydrogen-bond acceptors (Lipinski definition) is 5. The number of piperidine rings is 1. The Bertz CT molecular complexity index is 791. The fourth-order valence-electron chi connectivity index (χ4n) is 3.77. The van der Waals surface area contributed by atoms with Crippen molar-refractivity contribution in [3.8, 4) is 0 Å². The van der Waals surface area contributed by atoms with E-state index in [0.717, 1.165) is 35.3 Å². The molecule has 7 heteroatoms. The standard InChI is InChI=1S/C17H20N4O2S/c1-10(22)19-15-9-24-16-6-18-14(5-13(15)16)17(23)20-12-4-11-2-3-21(7-11)8-12/h5-6,9,11-12H,2-4,7-8H2,1H3,(H,19,22)(H,20,23)/t11-,12+/m0/s1. The zero-order chi connectivity index (χ0) is 16.7. The van der Waals surface area contributed by atoms with Gasteiger partial charge in [0.2, 0.25) is 5.91 Å². The summed E-state index contributed by atoms with van der Waals surface area (Å²) in [7, 11) is 0. The van der Waals surface area contributed by atoms with Gasteiger partial charge in [-0.3, -0.25) is 9.59 Å². The summed E-state index contributed by atoms with van der Waals surface area (Å²) in [6.45, 7) is 4.73. The van der Waals surface area contributed by atoms with Gasteiger partial charge in [0.25, 0.3) is 5.91 Å². The molecule has 2 aromatic rings. The molecule has 4 heterocycles. The van der Waals surface area contributed by atoms with Crippen LogP contribution < -0.4 is 10.6 Å². The first-order chi connectivity index (χ1) is 11.6. The molecule has 0 saturated carbocycles. The van der Waals surface area contributed by atoms with Crippen molar-refractivity contribution in [2.75, 3.05) is 25.0 Å². The average molecular weight is 344 g/mol. The monoisotopic (exact) mass is 344 g/mol. The molecule has 2 saturated heterocycles. The minimum absolute atomic E-state index is 0.121. The number of anilines is 1. The quantitative estimate of drug-likeness (QED) is 0.894. The van der Waals surface area contributed by atoms with Gasteiger partial charge < -0.3 is 15.5 Å². The third-order valence-electron chi connectivity index (χ3n) is 4.81. The van der Waals surface area contributed by atoms with Gasteiger partial charge in [-0.05, 0) is 31.4 Å². The van der Waals surface area contributed by atoms with Crippen LogP contribution in [-0.2, 0) is 4.79 Å². The minimum atomic E-state index is -0.135. The molecule has 2 N–H and O–H groups in total. The van der Waals surface area contributed by atoms with Crippen molar-refractivity contribution in [1.29, 1.82) is 0 Å². The number of hydrogen-bond donors (Lipinski definition) is 2. The Morgan fingerprint density at radius 2 is 2.25 bits per heavy atom. The van der Waals surface area contributed by atoms with E-state index < -0.39 is 0 Å². The van der Waals surface area contributed by atoms with E-state index in [4.69, 9.17) is 0 Å². The van der Waals surface area contributed by atoms with E-state index in [1.165, 1.54) is 31.2 Å². The first kappa shape index (κ1) is 15.5. The summed E-state index contributed by atoms with van der Waals surface area (Å²) in [5, 5.41) is 8.67. The SMILES string of the molecule is CC(=O)Nc1csc2cnc(C(=O)N[C@@H]3C[C@@H]4CCN(C4)C3)cc12. The van der Waals surface area contributed by atoms with Crippen molar-refractivity contribution < 1.29 is 9.59 Å². The number of pyridine rings is 1. The van der Waals surface area contributed by atoms with Gasteiger partial charge in [0.05, 0.1) is 10.4 Å². The van der Waals surface area contributed by atoms with Gasteiger partial charge in [-0.2, -0.15) is 0 Å². The number of thiophene rings is 1. The zero-order valence-corrected chi connectivity index (χ0v) is 14.4. The summed E-state index contributed by atoms with van der Waals surface area (Å²) >= 11 is 1.51. The smallest absolute Gasteiger partial charge is 0.270 e. The Kier molecular flexibility index (Phi) is 3.97. The van der Waals surface area contributed by atoms with Crippen molar-refractivity contribution in [2.45, 2.75) is 25.8 Å². The number of carbonyl (C=O) groups is 2. The summed E-state index contributed by atoms with van der Waals surface area (Å²) in [6, 6.07) is 1.97. The fourth-order valence-corrected chi connectivity index (χ4v) is 4.61. The topological polar surface area (TPSA) is 74.3 Å². The highest BCUT2D eigenvalue weighted by Gasteiger charge is 2.33. The molecule has 3 atom stereocenters. The number of fused-ring (bicyclic) bond motifs is 3. The van der Waals surface area contributed by atoms with Crippen LogP contribution in [0.25, 0.3) is 10.1 Å². The second-order valence-corrected chi connectivity index (χ2v) is 7.63. The third kappa shape index (κ3) is 3.01. The van der Waals surface area contributed by atoms with Crippen molar-refractivity contribution >= 4 is 38.9 Å². The molecule has 4 rings (SSSR count). The Morgan fingerprint density at radius 3 is 3.04 bits per heavy atom. The molecular weight excluding hydrogens is 324 g/mol. The maximum absolute atomic E-state index is 12.6. The molecule has 2 fully saturated rings. The molecule has 0 aromatic carbocycles. The molecule has 0 spiro atoms. The molecule has 2 aliphatic heterocycles. The van der Waals surface area contributed by atoms with E-state index in [-0.39, 0.29) is 17.9 Å². The lowest BCUT2D eigenvalue weighted by Gasteiger charge is -2.30. The van der Waals surface area contributed by atoms with Gasteiger partial charge in [0.15, 0.2) is 0 Å². The lowest BCUT2D eigenvalue weighted by Crippen LogP contribution is -2.47. The van der Waals surface area contributed by atoms with E-state index in [9.17, 15) is 9.59 Å². The maximum Gasteiger partial charge on any atom is 0.270 e. The molecule has 24 heavy (non-hydrogen) atoms. The lowest BCUT2D eigenvalue weighted by molar-refractivity contribution is -0.114. The van der Waals surface area contributed by atoms with Gasteiger partial charge >= 0.3 is 0 Å². The van der Waals surface area contributed by atoms with Crippen LogP contribution in [0.15, 0.2) is 17.6 Å². The number of amides is 2. The molecule has 1 unspecified atom stereocenters. The van der Waals surface area contributed by atoms with Crippen molar-refractivity contribution in [2.24, 2.45) is 5.92 Å². The maximum atomic E-state index is 12.6. The molecular formula is C17H20N4O2S. The Morgan fingerprint density at radius 1 is 1.38 bits per heavy atom. The highest BCUT2D eigenvalue weighted by atomic mass is 32.1. The zero-order valence-electron chi connectivity index (χ0n) is 13.5. The summed E-state index contributed by atoms with van der Waals surface area (Å²) in [5.74, 6) is 0.455. The second-order valence-electron chi connectivity index (χ2n) is 6.72. The average Bonchev–Trinajstić information content (AvgIpc) is 3.09. The van der Waals surface area contributed by atoms with Gasteiger partial charge in [-0.1, -0.05) is 0 Å². The molecule has 2 bridgehead atoms. The van der Waals surface area contributed by atoms with Crippen LogP contribution in [0, 0.1) is 5.92 Å².